The molecule has 0 aliphatic carbocycles. The van der Waals surface area contributed by atoms with Gasteiger partial charge in [-0.05, 0) is 55.3 Å². The predicted octanol–water partition coefficient (Wildman–Crippen LogP) is 2.84. The van der Waals surface area contributed by atoms with Gasteiger partial charge in [-0.3, -0.25) is 9.59 Å². The number of halogens is 1. The summed E-state index contributed by atoms with van der Waals surface area (Å²) in [6, 6.07) is 9.59. The van der Waals surface area contributed by atoms with Crippen molar-refractivity contribution in [2.75, 3.05) is 11.9 Å². The number of carbonyl (C=O) groups is 2. The van der Waals surface area contributed by atoms with E-state index in [0.29, 0.717) is 34.2 Å². The number of hydrogen-bond acceptors (Lipinski definition) is 5. The molecule has 2 aromatic carbocycles. The fourth-order valence-corrected chi connectivity index (χ4v) is 2.19. The van der Waals surface area contributed by atoms with Gasteiger partial charge >= 0.3 is 11.8 Å². The molecule has 8 heteroatoms. The Morgan fingerprint density at radius 1 is 1.27 bits per heavy atom. The maximum atomic E-state index is 11.9. The molecule has 0 aliphatic rings. The van der Waals surface area contributed by atoms with Crippen molar-refractivity contribution in [1.82, 2.24) is 5.43 Å². The van der Waals surface area contributed by atoms with Crippen molar-refractivity contribution < 1.29 is 19.4 Å². The number of amides is 2. The summed E-state index contributed by atoms with van der Waals surface area (Å²) in [6.07, 6.45) is 1.33. The summed E-state index contributed by atoms with van der Waals surface area (Å²) < 4.78 is 5.26. The van der Waals surface area contributed by atoms with Crippen LogP contribution in [0.15, 0.2) is 41.5 Å². The number of hydrazone groups is 1. The third-order valence-electron chi connectivity index (χ3n) is 3.39. The van der Waals surface area contributed by atoms with Crippen LogP contribution in [0.3, 0.4) is 0 Å². The quantitative estimate of drug-likeness (QED) is 0.425. The second-order valence-electron chi connectivity index (χ2n) is 5.23. The zero-order valence-corrected chi connectivity index (χ0v) is 15.0. The van der Waals surface area contributed by atoms with E-state index in [1.165, 1.54) is 12.3 Å². The summed E-state index contributed by atoms with van der Waals surface area (Å²) in [5.41, 5.74) is 3.82. The van der Waals surface area contributed by atoms with Crippen LogP contribution < -0.4 is 15.5 Å². The van der Waals surface area contributed by atoms with E-state index in [4.69, 9.17) is 16.3 Å². The van der Waals surface area contributed by atoms with Gasteiger partial charge in [0.1, 0.15) is 0 Å². The van der Waals surface area contributed by atoms with Crippen molar-refractivity contribution in [3.63, 3.8) is 0 Å². The highest BCUT2D eigenvalue weighted by molar-refractivity contribution is 6.40. The lowest BCUT2D eigenvalue weighted by molar-refractivity contribution is -0.136. The first-order chi connectivity index (χ1) is 12.4. The zero-order valence-electron chi connectivity index (χ0n) is 14.2. The van der Waals surface area contributed by atoms with Crippen LogP contribution in [0.5, 0.6) is 11.5 Å². The molecular formula is C18H18ClN3O4. The monoisotopic (exact) mass is 375 g/mol. The van der Waals surface area contributed by atoms with Gasteiger partial charge in [-0.15, -0.1) is 0 Å². The average molecular weight is 376 g/mol. The van der Waals surface area contributed by atoms with Crippen LogP contribution in [0.2, 0.25) is 5.02 Å². The summed E-state index contributed by atoms with van der Waals surface area (Å²) >= 11 is 5.97. The first-order valence-electron chi connectivity index (χ1n) is 7.77. The van der Waals surface area contributed by atoms with Crippen LogP contribution in [-0.2, 0) is 9.59 Å². The van der Waals surface area contributed by atoms with Gasteiger partial charge in [0.2, 0.25) is 0 Å². The topological polar surface area (TPSA) is 100 Å². The SMILES string of the molecule is CCOc1cc(/C=N\NC(=O)C(=O)Nc2cccc(Cl)c2C)ccc1O. The number of aromatic hydroxyl groups is 1. The van der Waals surface area contributed by atoms with Crippen molar-refractivity contribution in [3.8, 4) is 11.5 Å². The number of rotatable bonds is 5. The first-order valence-corrected chi connectivity index (χ1v) is 8.15. The van der Waals surface area contributed by atoms with Gasteiger partial charge in [-0.1, -0.05) is 17.7 Å². The highest BCUT2D eigenvalue weighted by Crippen LogP contribution is 2.26. The molecule has 0 bridgehead atoms. The third kappa shape index (κ3) is 4.97. The molecule has 0 saturated heterocycles. The molecule has 0 aliphatic heterocycles. The second kappa shape index (κ2) is 8.87. The molecule has 3 N–H and O–H groups in total. The minimum absolute atomic E-state index is 0.00399. The first kappa shape index (κ1) is 19.3. The largest absolute Gasteiger partial charge is 0.504 e. The van der Waals surface area contributed by atoms with Crippen LogP contribution in [0.25, 0.3) is 0 Å². The van der Waals surface area contributed by atoms with Crippen molar-refractivity contribution in [2.24, 2.45) is 5.10 Å². The molecule has 0 aromatic heterocycles. The van der Waals surface area contributed by atoms with Gasteiger partial charge in [0.05, 0.1) is 12.8 Å². The molecule has 2 aromatic rings. The molecule has 0 fully saturated rings. The number of anilines is 1. The smallest absolute Gasteiger partial charge is 0.329 e. The number of nitrogens with zero attached hydrogens (tertiary/aromatic N) is 1. The molecule has 2 amide bonds. The third-order valence-corrected chi connectivity index (χ3v) is 3.80. The molecular weight excluding hydrogens is 358 g/mol. The van der Waals surface area contributed by atoms with Crippen molar-refractivity contribution in [3.05, 3.63) is 52.5 Å². The van der Waals surface area contributed by atoms with E-state index in [1.807, 2.05) is 0 Å². The Kier molecular flexibility index (Phi) is 6.57. The normalized spacial score (nSPS) is 10.6. The molecule has 0 heterocycles. The molecule has 26 heavy (non-hydrogen) atoms. The van der Waals surface area contributed by atoms with Crippen LogP contribution >= 0.6 is 11.6 Å². The van der Waals surface area contributed by atoms with Gasteiger partial charge in [-0.25, -0.2) is 5.43 Å². The number of ether oxygens (including phenoxy) is 1. The number of phenolic OH excluding ortho intramolecular Hbond substituents is 1. The highest BCUT2D eigenvalue weighted by atomic mass is 35.5. The maximum absolute atomic E-state index is 11.9. The molecule has 136 valence electrons. The highest BCUT2D eigenvalue weighted by Gasteiger charge is 2.14. The Morgan fingerprint density at radius 3 is 2.77 bits per heavy atom. The molecule has 0 radical (unpaired) electrons. The van der Waals surface area contributed by atoms with Crippen LogP contribution in [-0.4, -0.2) is 29.7 Å². The molecule has 0 unspecified atom stereocenters. The standard InChI is InChI=1S/C18H18ClN3O4/c1-3-26-16-9-12(7-8-15(16)23)10-20-22-18(25)17(24)21-14-6-4-5-13(19)11(14)2/h4-10,23H,3H2,1-2H3,(H,21,24)(H,22,25)/b20-10-. The van der Waals surface area contributed by atoms with Gasteiger partial charge in [-0.2, -0.15) is 5.10 Å². The van der Waals surface area contributed by atoms with E-state index in [2.05, 4.69) is 15.8 Å². The number of benzene rings is 2. The Labute approximate surface area is 155 Å². The predicted molar refractivity (Wildman–Crippen MR) is 99.8 cm³/mol. The second-order valence-corrected chi connectivity index (χ2v) is 5.63. The summed E-state index contributed by atoms with van der Waals surface area (Å²) in [5, 5.41) is 16.3. The molecule has 2 rings (SSSR count). The Bertz CT molecular complexity index is 852. The molecule has 0 saturated carbocycles. The van der Waals surface area contributed by atoms with E-state index in [1.54, 1.807) is 44.2 Å². The fourth-order valence-electron chi connectivity index (χ4n) is 2.02. The minimum atomic E-state index is -0.926. The lowest BCUT2D eigenvalue weighted by atomic mass is 10.2. The number of carbonyl (C=O) groups excluding carboxylic acids is 2. The molecule has 7 nitrogen and oxygen atoms in total. The van der Waals surface area contributed by atoms with Crippen LogP contribution in [0.1, 0.15) is 18.1 Å². The Morgan fingerprint density at radius 2 is 2.04 bits per heavy atom. The van der Waals surface area contributed by atoms with E-state index < -0.39 is 11.8 Å². The Hall–Kier alpha value is -3.06. The molecule has 0 spiro atoms. The van der Waals surface area contributed by atoms with Crippen molar-refractivity contribution in [2.45, 2.75) is 13.8 Å². The fraction of sp³-hybridized carbons (Fsp3) is 0.167. The number of phenols is 1. The van der Waals surface area contributed by atoms with Crippen molar-refractivity contribution in [1.29, 1.82) is 0 Å². The van der Waals surface area contributed by atoms with Crippen LogP contribution in [0.4, 0.5) is 5.69 Å². The van der Waals surface area contributed by atoms with E-state index >= 15 is 0 Å². The van der Waals surface area contributed by atoms with Gasteiger partial charge in [0.15, 0.2) is 11.5 Å². The Balaban J connectivity index is 1.97. The average Bonchev–Trinajstić information content (AvgIpc) is 2.61. The maximum Gasteiger partial charge on any atom is 0.329 e. The summed E-state index contributed by atoms with van der Waals surface area (Å²) in [5.74, 6) is -1.49. The number of nitrogens with one attached hydrogen (secondary N) is 2. The summed E-state index contributed by atoms with van der Waals surface area (Å²) in [6.45, 7) is 3.92. The lowest BCUT2D eigenvalue weighted by Crippen LogP contribution is -2.32. The number of hydrogen-bond donors (Lipinski definition) is 3. The van der Waals surface area contributed by atoms with Gasteiger partial charge in [0.25, 0.3) is 0 Å². The molecule has 0 atom stereocenters. The summed E-state index contributed by atoms with van der Waals surface area (Å²) in [4.78, 5) is 23.7. The van der Waals surface area contributed by atoms with E-state index in [9.17, 15) is 14.7 Å². The van der Waals surface area contributed by atoms with Crippen molar-refractivity contribution >= 4 is 35.3 Å². The van der Waals surface area contributed by atoms with Gasteiger partial charge < -0.3 is 15.2 Å². The van der Waals surface area contributed by atoms with E-state index in [-0.39, 0.29) is 5.75 Å². The zero-order chi connectivity index (χ0) is 19.1. The summed E-state index contributed by atoms with van der Waals surface area (Å²) in [7, 11) is 0. The van der Waals surface area contributed by atoms with Crippen LogP contribution in [0, 0.1) is 6.92 Å². The van der Waals surface area contributed by atoms with E-state index in [0.717, 1.165) is 0 Å². The minimum Gasteiger partial charge on any atom is -0.504 e. The lowest BCUT2D eigenvalue weighted by Gasteiger charge is -2.08. The van der Waals surface area contributed by atoms with Gasteiger partial charge in [0, 0.05) is 10.7 Å².